The Morgan fingerprint density at radius 3 is 3.00 bits per heavy atom. The van der Waals surface area contributed by atoms with Crippen LogP contribution in [0.2, 0.25) is 0 Å². The van der Waals surface area contributed by atoms with Crippen molar-refractivity contribution in [3.63, 3.8) is 0 Å². The molecule has 1 aromatic heterocycles. The molecule has 1 amide bonds. The lowest BCUT2D eigenvalue weighted by molar-refractivity contribution is -0.121. The summed E-state index contributed by atoms with van der Waals surface area (Å²) in [5, 5.41) is 2.96. The standard InChI is InChI=1S/C12H19NO2/c1-3-5-12(14)13-10(2)7-8-11-6-4-9-15-11/h4,6,9-10H,3,5,7-8H2,1-2H3,(H,13,14)/t10-/m0/s1. The number of nitrogens with one attached hydrogen (secondary N) is 1. The van der Waals surface area contributed by atoms with E-state index in [9.17, 15) is 4.79 Å². The highest BCUT2D eigenvalue weighted by atomic mass is 16.3. The van der Waals surface area contributed by atoms with Crippen molar-refractivity contribution in [3.05, 3.63) is 24.2 Å². The van der Waals surface area contributed by atoms with Crippen LogP contribution in [0.15, 0.2) is 22.8 Å². The summed E-state index contributed by atoms with van der Waals surface area (Å²) < 4.78 is 5.22. The summed E-state index contributed by atoms with van der Waals surface area (Å²) in [4.78, 5) is 11.3. The summed E-state index contributed by atoms with van der Waals surface area (Å²) in [5.41, 5.74) is 0. The average molecular weight is 209 g/mol. The maximum Gasteiger partial charge on any atom is 0.220 e. The SMILES string of the molecule is CCCC(=O)N[C@@H](C)CCc1ccco1. The predicted octanol–water partition coefficient (Wildman–Crippen LogP) is 2.52. The van der Waals surface area contributed by atoms with Crippen LogP contribution in [0.5, 0.6) is 0 Å². The number of carbonyl (C=O) groups excluding carboxylic acids is 1. The molecule has 84 valence electrons. The zero-order chi connectivity index (χ0) is 11.1. The molecule has 0 bridgehead atoms. The van der Waals surface area contributed by atoms with E-state index in [1.807, 2.05) is 26.0 Å². The van der Waals surface area contributed by atoms with Crippen molar-refractivity contribution in [1.82, 2.24) is 5.32 Å². The van der Waals surface area contributed by atoms with Crippen molar-refractivity contribution in [3.8, 4) is 0 Å². The first-order valence-corrected chi connectivity index (χ1v) is 5.54. The fourth-order valence-electron chi connectivity index (χ4n) is 1.46. The Morgan fingerprint density at radius 1 is 1.60 bits per heavy atom. The molecule has 0 saturated heterocycles. The molecule has 0 aliphatic rings. The maximum absolute atomic E-state index is 11.3. The third-order valence-corrected chi connectivity index (χ3v) is 2.29. The van der Waals surface area contributed by atoms with Crippen LogP contribution in [0, 0.1) is 0 Å². The molecule has 0 saturated carbocycles. The van der Waals surface area contributed by atoms with Gasteiger partial charge in [-0.1, -0.05) is 6.92 Å². The summed E-state index contributed by atoms with van der Waals surface area (Å²) in [5.74, 6) is 1.12. The molecule has 0 aliphatic heterocycles. The van der Waals surface area contributed by atoms with Crippen LogP contribution in [0.4, 0.5) is 0 Å². The van der Waals surface area contributed by atoms with E-state index in [2.05, 4.69) is 5.32 Å². The number of hydrogen-bond acceptors (Lipinski definition) is 2. The van der Waals surface area contributed by atoms with E-state index >= 15 is 0 Å². The molecule has 1 aromatic rings. The lowest BCUT2D eigenvalue weighted by Crippen LogP contribution is -2.32. The molecular formula is C12H19NO2. The third-order valence-electron chi connectivity index (χ3n) is 2.29. The molecule has 1 rings (SSSR count). The number of amides is 1. The largest absolute Gasteiger partial charge is 0.469 e. The molecule has 15 heavy (non-hydrogen) atoms. The van der Waals surface area contributed by atoms with Gasteiger partial charge < -0.3 is 9.73 Å². The number of furan rings is 1. The van der Waals surface area contributed by atoms with Crippen molar-refractivity contribution >= 4 is 5.91 Å². The number of hydrogen-bond donors (Lipinski definition) is 1. The van der Waals surface area contributed by atoms with Crippen molar-refractivity contribution in [1.29, 1.82) is 0 Å². The monoisotopic (exact) mass is 209 g/mol. The van der Waals surface area contributed by atoms with E-state index < -0.39 is 0 Å². The summed E-state index contributed by atoms with van der Waals surface area (Å²) in [6.45, 7) is 4.03. The minimum absolute atomic E-state index is 0.143. The Morgan fingerprint density at radius 2 is 2.40 bits per heavy atom. The highest BCUT2D eigenvalue weighted by molar-refractivity contribution is 5.76. The van der Waals surface area contributed by atoms with Gasteiger partial charge in [-0.25, -0.2) is 0 Å². The normalized spacial score (nSPS) is 12.4. The van der Waals surface area contributed by atoms with E-state index in [0.29, 0.717) is 6.42 Å². The van der Waals surface area contributed by atoms with Gasteiger partial charge in [-0.3, -0.25) is 4.79 Å². The van der Waals surface area contributed by atoms with Crippen molar-refractivity contribution in [2.24, 2.45) is 0 Å². The van der Waals surface area contributed by atoms with Gasteiger partial charge in [0.1, 0.15) is 5.76 Å². The zero-order valence-corrected chi connectivity index (χ0v) is 9.45. The second kappa shape index (κ2) is 6.27. The Kier molecular flexibility index (Phi) is 4.95. The van der Waals surface area contributed by atoms with Crippen LogP contribution in [-0.2, 0) is 11.2 Å². The minimum Gasteiger partial charge on any atom is -0.469 e. The second-order valence-corrected chi connectivity index (χ2v) is 3.84. The molecule has 1 atom stereocenters. The Hall–Kier alpha value is -1.25. The number of aryl methyl sites for hydroxylation is 1. The molecule has 0 aromatic carbocycles. The quantitative estimate of drug-likeness (QED) is 0.782. The Balaban J connectivity index is 2.18. The van der Waals surface area contributed by atoms with Gasteiger partial charge in [0.2, 0.25) is 5.91 Å². The molecule has 0 spiro atoms. The minimum atomic E-state index is 0.143. The Bertz CT molecular complexity index is 280. The molecule has 0 unspecified atom stereocenters. The van der Waals surface area contributed by atoms with Gasteiger partial charge in [0.15, 0.2) is 0 Å². The van der Waals surface area contributed by atoms with Gasteiger partial charge >= 0.3 is 0 Å². The number of rotatable bonds is 6. The lowest BCUT2D eigenvalue weighted by Gasteiger charge is -2.12. The number of carbonyl (C=O) groups is 1. The third kappa shape index (κ3) is 4.68. The zero-order valence-electron chi connectivity index (χ0n) is 9.45. The molecule has 0 fully saturated rings. The van der Waals surface area contributed by atoms with Gasteiger partial charge in [-0.2, -0.15) is 0 Å². The van der Waals surface area contributed by atoms with E-state index in [-0.39, 0.29) is 11.9 Å². The highest BCUT2D eigenvalue weighted by Crippen LogP contribution is 2.05. The first kappa shape index (κ1) is 11.8. The molecule has 1 heterocycles. The van der Waals surface area contributed by atoms with E-state index in [1.54, 1.807) is 6.26 Å². The first-order valence-electron chi connectivity index (χ1n) is 5.54. The maximum atomic E-state index is 11.3. The highest BCUT2D eigenvalue weighted by Gasteiger charge is 2.07. The fraction of sp³-hybridized carbons (Fsp3) is 0.583. The summed E-state index contributed by atoms with van der Waals surface area (Å²) >= 11 is 0. The van der Waals surface area contributed by atoms with Gasteiger partial charge in [0.05, 0.1) is 6.26 Å². The molecule has 0 aliphatic carbocycles. The smallest absolute Gasteiger partial charge is 0.220 e. The lowest BCUT2D eigenvalue weighted by atomic mass is 10.1. The van der Waals surface area contributed by atoms with E-state index in [1.165, 1.54) is 0 Å². The van der Waals surface area contributed by atoms with Crippen molar-refractivity contribution < 1.29 is 9.21 Å². The fourth-order valence-corrected chi connectivity index (χ4v) is 1.46. The van der Waals surface area contributed by atoms with Crippen molar-refractivity contribution in [2.45, 2.75) is 45.6 Å². The van der Waals surface area contributed by atoms with E-state index in [0.717, 1.165) is 25.0 Å². The van der Waals surface area contributed by atoms with Gasteiger partial charge in [0.25, 0.3) is 0 Å². The molecule has 0 radical (unpaired) electrons. The van der Waals surface area contributed by atoms with Crippen LogP contribution < -0.4 is 5.32 Å². The van der Waals surface area contributed by atoms with E-state index in [4.69, 9.17) is 4.42 Å². The van der Waals surface area contributed by atoms with Gasteiger partial charge in [-0.05, 0) is 31.9 Å². The topological polar surface area (TPSA) is 42.2 Å². The van der Waals surface area contributed by atoms with Gasteiger partial charge in [-0.15, -0.1) is 0 Å². The summed E-state index contributed by atoms with van der Waals surface area (Å²) in [7, 11) is 0. The van der Waals surface area contributed by atoms with Gasteiger partial charge in [0, 0.05) is 18.9 Å². The predicted molar refractivity (Wildman–Crippen MR) is 59.5 cm³/mol. The van der Waals surface area contributed by atoms with Crippen LogP contribution in [0.3, 0.4) is 0 Å². The van der Waals surface area contributed by atoms with Crippen LogP contribution in [0.25, 0.3) is 0 Å². The van der Waals surface area contributed by atoms with Crippen LogP contribution in [-0.4, -0.2) is 11.9 Å². The Labute approximate surface area is 90.9 Å². The van der Waals surface area contributed by atoms with Crippen LogP contribution >= 0.6 is 0 Å². The molecule has 1 N–H and O–H groups in total. The summed E-state index contributed by atoms with van der Waals surface area (Å²) in [6, 6.07) is 4.06. The molecule has 3 nitrogen and oxygen atoms in total. The molecular weight excluding hydrogens is 190 g/mol. The molecule has 3 heteroatoms. The van der Waals surface area contributed by atoms with Crippen LogP contribution in [0.1, 0.15) is 38.9 Å². The summed E-state index contributed by atoms with van der Waals surface area (Å²) in [6.07, 6.45) is 4.99. The first-order chi connectivity index (χ1) is 7.22. The second-order valence-electron chi connectivity index (χ2n) is 3.84. The average Bonchev–Trinajstić information content (AvgIpc) is 2.67. The van der Waals surface area contributed by atoms with Crippen molar-refractivity contribution in [2.75, 3.05) is 0 Å².